The van der Waals surface area contributed by atoms with E-state index in [1.807, 2.05) is 37.3 Å². The Morgan fingerprint density at radius 3 is 2.71 bits per heavy atom. The number of hydrogen-bond donors (Lipinski definition) is 2. The first kappa shape index (κ1) is 15.0. The Hall–Kier alpha value is -2.40. The van der Waals surface area contributed by atoms with Gasteiger partial charge in [0.15, 0.2) is 0 Å². The van der Waals surface area contributed by atoms with E-state index in [2.05, 4.69) is 10.3 Å². The number of benzene rings is 1. The number of nitrogens with two attached hydrogens (primary N) is 1. The maximum atomic E-state index is 12.4. The molecule has 2 aromatic rings. The Bertz CT molecular complexity index is 587. The number of nitrogens with zero attached hydrogens (tertiary/aromatic N) is 1. The number of ether oxygens (including phenoxy) is 1. The number of rotatable bonds is 6. The molecule has 1 atom stereocenters. The Morgan fingerprint density at radius 1 is 1.29 bits per heavy atom. The first-order chi connectivity index (χ1) is 10.3. The second-order valence-corrected chi connectivity index (χ2v) is 4.48. The first-order valence-corrected chi connectivity index (χ1v) is 6.90. The summed E-state index contributed by atoms with van der Waals surface area (Å²) in [6, 6.07) is 13.0. The number of carbonyl (C=O) groups is 1. The highest BCUT2D eigenvalue weighted by Crippen LogP contribution is 2.23. The fourth-order valence-corrected chi connectivity index (χ4v) is 2.04. The van der Waals surface area contributed by atoms with E-state index in [1.165, 1.54) is 0 Å². The Balaban J connectivity index is 2.17. The van der Waals surface area contributed by atoms with Gasteiger partial charge in [-0.15, -0.1) is 0 Å². The lowest BCUT2D eigenvalue weighted by atomic mass is 9.98. The molecular formula is C16H19N3O2. The number of anilines is 1. The van der Waals surface area contributed by atoms with Crippen molar-refractivity contribution in [1.82, 2.24) is 4.98 Å². The van der Waals surface area contributed by atoms with Gasteiger partial charge in [0.25, 0.3) is 0 Å². The molecule has 0 radical (unpaired) electrons. The molecule has 1 aromatic heterocycles. The van der Waals surface area contributed by atoms with Crippen molar-refractivity contribution in [3.63, 3.8) is 0 Å². The summed E-state index contributed by atoms with van der Waals surface area (Å²) >= 11 is 0. The molecule has 0 spiro atoms. The molecule has 1 unspecified atom stereocenters. The average Bonchev–Trinajstić information content (AvgIpc) is 2.51. The van der Waals surface area contributed by atoms with Crippen molar-refractivity contribution in [2.24, 2.45) is 5.73 Å². The molecule has 1 aromatic carbocycles. The van der Waals surface area contributed by atoms with Crippen molar-refractivity contribution in [3.8, 4) is 5.88 Å². The van der Waals surface area contributed by atoms with Crippen LogP contribution in [0.25, 0.3) is 0 Å². The molecule has 2 rings (SSSR count). The predicted octanol–water partition coefficient (Wildman–Crippen LogP) is 2.16. The number of carbonyl (C=O) groups excluding carboxylic acids is 1. The fourth-order valence-electron chi connectivity index (χ4n) is 2.04. The van der Waals surface area contributed by atoms with Crippen LogP contribution < -0.4 is 15.8 Å². The van der Waals surface area contributed by atoms with Crippen LogP contribution in [-0.2, 0) is 4.79 Å². The van der Waals surface area contributed by atoms with Crippen LogP contribution in [0.15, 0.2) is 48.7 Å². The molecule has 0 bridgehead atoms. The van der Waals surface area contributed by atoms with Crippen LogP contribution in [0.5, 0.6) is 5.88 Å². The summed E-state index contributed by atoms with van der Waals surface area (Å²) in [5.74, 6) is -0.157. The van der Waals surface area contributed by atoms with Gasteiger partial charge in [0.2, 0.25) is 11.8 Å². The zero-order valence-electron chi connectivity index (χ0n) is 12.0. The van der Waals surface area contributed by atoms with E-state index in [-0.39, 0.29) is 12.5 Å². The predicted molar refractivity (Wildman–Crippen MR) is 82.3 cm³/mol. The third-order valence-corrected chi connectivity index (χ3v) is 3.06. The summed E-state index contributed by atoms with van der Waals surface area (Å²) in [6.07, 6.45) is 1.62. The quantitative estimate of drug-likeness (QED) is 0.852. The maximum absolute atomic E-state index is 12.4. The topological polar surface area (TPSA) is 77.2 Å². The highest BCUT2D eigenvalue weighted by molar-refractivity contribution is 5.96. The van der Waals surface area contributed by atoms with Gasteiger partial charge in [-0.1, -0.05) is 30.3 Å². The van der Waals surface area contributed by atoms with E-state index in [1.54, 1.807) is 18.3 Å². The van der Waals surface area contributed by atoms with Gasteiger partial charge in [-0.05, 0) is 24.6 Å². The van der Waals surface area contributed by atoms with E-state index >= 15 is 0 Å². The molecule has 0 saturated heterocycles. The Kier molecular flexibility index (Phi) is 5.29. The van der Waals surface area contributed by atoms with Crippen LogP contribution >= 0.6 is 0 Å². The van der Waals surface area contributed by atoms with Gasteiger partial charge in [0.05, 0.1) is 12.5 Å². The zero-order chi connectivity index (χ0) is 15.1. The van der Waals surface area contributed by atoms with E-state index in [4.69, 9.17) is 10.5 Å². The molecule has 21 heavy (non-hydrogen) atoms. The normalized spacial score (nSPS) is 11.7. The first-order valence-electron chi connectivity index (χ1n) is 6.90. The van der Waals surface area contributed by atoms with E-state index in [0.717, 1.165) is 5.56 Å². The molecule has 0 aliphatic heterocycles. The minimum Gasteiger partial charge on any atom is -0.476 e. The van der Waals surface area contributed by atoms with E-state index < -0.39 is 5.92 Å². The van der Waals surface area contributed by atoms with Crippen LogP contribution in [-0.4, -0.2) is 24.0 Å². The SMILES string of the molecule is CCOc1ncccc1NC(=O)C(CN)c1ccccc1. The molecule has 0 aliphatic rings. The number of aromatic nitrogens is 1. The summed E-state index contributed by atoms with van der Waals surface area (Å²) < 4.78 is 5.40. The van der Waals surface area contributed by atoms with Gasteiger partial charge in [-0.25, -0.2) is 4.98 Å². The lowest BCUT2D eigenvalue weighted by Gasteiger charge is -2.16. The van der Waals surface area contributed by atoms with Crippen molar-refractivity contribution in [1.29, 1.82) is 0 Å². The lowest BCUT2D eigenvalue weighted by molar-refractivity contribution is -0.117. The van der Waals surface area contributed by atoms with Crippen molar-refractivity contribution < 1.29 is 9.53 Å². The molecule has 0 fully saturated rings. The number of hydrogen-bond acceptors (Lipinski definition) is 4. The average molecular weight is 285 g/mol. The smallest absolute Gasteiger partial charge is 0.237 e. The van der Waals surface area contributed by atoms with Crippen LogP contribution in [0.4, 0.5) is 5.69 Å². The minimum atomic E-state index is -0.402. The molecule has 5 heteroatoms. The van der Waals surface area contributed by atoms with Gasteiger partial charge in [-0.2, -0.15) is 0 Å². The molecule has 0 saturated carbocycles. The summed E-state index contributed by atoms with van der Waals surface area (Å²) in [5.41, 5.74) is 7.19. The number of nitrogens with one attached hydrogen (secondary N) is 1. The second kappa shape index (κ2) is 7.40. The highest BCUT2D eigenvalue weighted by atomic mass is 16.5. The summed E-state index contributed by atoms with van der Waals surface area (Å²) in [6.45, 7) is 2.59. The van der Waals surface area contributed by atoms with Crippen LogP contribution in [0.1, 0.15) is 18.4 Å². The monoisotopic (exact) mass is 285 g/mol. The second-order valence-electron chi connectivity index (χ2n) is 4.48. The third kappa shape index (κ3) is 3.79. The highest BCUT2D eigenvalue weighted by Gasteiger charge is 2.20. The van der Waals surface area contributed by atoms with Crippen molar-refractivity contribution in [3.05, 3.63) is 54.2 Å². The van der Waals surface area contributed by atoms with Crippen LogP contribution in [0.2, 0.25) is 0 Å². The molecule has 5 nitrogen and oxygen atoms in total. The zero-order valence-corrected chi connectivity index (χ0v) is 12.0. The van der Waals surface area contributed by atoms with Crippen molar-refractivity contribution in [2.45, 2.75) is 12.8 Å². The van der Waals surface area contributed by atoms with Gasteiger partial charge >= 0.3 is 0 Å². The summed E-state index contributed by atoms with van der Waals surface area (Å²) in [5, 5.41) is 2.84. The molecule has 1 amide bonds. The third-order valence-electron chi connectivity index (χ3n) is 3.06. The van der Waals surface area contributed by atoms with Crippen LogP contribution in [0.3, 0.4) is 0 Å². The summed E-state index contributed by atoms with van der Waals surface area (Å²) in [7, 11) is 0. The van der Waals surface area contributed by atoms with Gasteiger partial charge in [-0.3, -0.25) is 4.79 Å². The number of amides is 1. The molecule has 110 valence electrons. The van der Waals surface area contributed by atoms with Crippen molar-refractivity contribution >= 4 is 11.6 Å². The minimum absolute atomic E-state index is 0.169. The fraction of sp³-hybridized carbons (Fsp3) is 0.250. The van der Waals surface area contributed by atoms with E-state index in [0.29, 0.717) is 18.2 Å². The summed E-state index contributed by atoms with van der Waals surface area (Å²) in [4.78, 5) is 16.5. The van der Waals surface area contributed by atoms with Gasteiger partial charge in [0.1, 0.15) is 5.69 Å². The van der Waals surface area contributed by atoms with E-state index in [9.17, 15) is 4.79 Å². The van der Waals surface area contributed by atoms with Crippen LogP contribution in [0, 0.1) is 0 Å². The van der Waals surface area contributed by atoms with Crippen molar-refractivity contribution in [2.75, 3.05) is 18.5 Å². The largest absolute Gasteiger partial charge is 0.476 e. The Labute approximate surface area is 124 Å². The Morgan fingerprint density at radius 2 is 2.05 bits per heavy atom. The maximum Gasteiger partial charge on any atom is 0.237 e. The standard InChI is InChI=1S/C16H19N3O2/c1-2-21-16-14(9-6-10-18-16)19-15(20)13(11-17)12-7-4-3-5-8-12/h3-10,13H,2,11,17H2,1H3,(H,19,20). The molecule has 1 heterocycles. The van der Waals surface area contributed by atoms with Gasteiger partial charge in [0, 0.05) is 12.7 Å². The molecular weight excluding hydrogens is 266 g/mol. The lowest BCUT2D eigenvalue weighted by Crippen LogP contribution is -2.27. The molecule has 3 N–H and O–H groups in total. The molecule has 0 aliphatic carbocycles. The van der Waals surface area contributed by atoms with Gasteiger partial charge < -0.3 is 15.8 Å². The number of pyridine rings is 1.